The van der Waals surface area contributed by atoms with E-state index in [4.69, 9.17) is 10.2 Å². The number of hydrogen-bond donors (Lipinski definition) is 2. The first-order valence-corrected chi connectivity index (χ1v) is 9.53. The molecule has 3 nitrogen and oxygen atoms in total. The van der Waals surface area contributed by atoms with Crippen molar-refractivity contribution < 1.29 is 33.3 Å². The molecule has 1 aromatic carbocycles. The first kappa shape index (κ1) is 19.1. The molecule has 1 rings (SSSR count). The number of carboxylic acid groups (broad SMARTS) is 1. The Bertz CT molecular complexity index is 358. The number of aromatic hydroxyl groups is 1. The van der Waals surface area contributed by atoms with Crippen molar-refractivity contribution in [2.45, 2.75) is 56.9 Å². The van der Waals surface area contributed by atoms with Gasteiger partial charge in [-0.2, -0.15) is 0 Å². The Morgan fingerprint density at radius 1 is 1.05 bits per heavy atom. The summed E-state index contributed by atoms with van der Waals surface area (Å²) in [5.41, 5.74) is -0.0671. The van der Waals surface area contributed by atoms with Gasteiger partial charge < -0.3 is 10.2 Å². The Morgan fingerprint density at radius 2 is 1.60 bits per heavy atom. The molecule has 0 unspecified atom stereocenters. The van der Waals surface area contributed by atoms with Gasteiger partial charge in [-0.05, 0) is 12.1 Å². The number of phenols is 1. The molecule has 109 valence electrons. The van der Waals surface area contributed by atoms with Gasteiger partial charge in [0.15, 0.2) is 0 Å². The Labute approximate surface area is 132 Å². The van der Waals surface area contributed by atoms with E-state index in [9.17, 15) is 4.79 Å². The smallest absolute Gasteiger partial charge is 0.339 e. The van der Waals surface area contributed by atoms with Crippen molar-refractivity contribution >= 4 is 5.97 Å². The summed E-state index contributed by atoms with van der Waals surface area (Å²) < 4.78 is 0. The van der Waals surface area contributed by atoms with Crippen LogP contribution in [0.15, 0.2) is 24.3 Å². The summed E-state index contributed by atoms with van der Waals surface area (Å²) in [6.07, 6.45) is 10.2. The van der Waals surface area contributed by atoms with Gasteiger partial charge in [0, 0.05) is 0 Å². The van der Waals surface area contributed by atoms with Gasteiger partial charge in [0.2, 0.25) is 0 Å². The number of aromatic carboxylic acids is 1. The van der Waals surface area contributed by atoms with Crippen molar-refractivity contribution in [3.8, 4) is 5.75 Å². The second kappa shape index (κ2) is 13.1. The molecule has 0 aliphatic heterocycles. The largest absolute Gasteiger partial charge is 0.507 e. The molecule has 20 heavy (non-hydrogen) atoms. The summed E-state index contributed by atoms with van der Waals surface area (Å²) in [5, 5.41) is 18.8. The maximum Gasteiger partial charge on any atom is 0.339 e. The Kier molecular flexibility index (Phi) is 12.5. The Hall–Kier alpha value is -0.887. The number of benzene rings is 1. The third kappa shape index (κ3) is 9.97. The number of carboxylic acids is 1. The van der Waals surface area contributed by atoms with Crippen molar-refractivity contribution in [3.05, 3.63) is 29.8 Å². The van der Waals surface area contributed by atoms with Crippen LogP contribution in [0.4, 0.5) is 0 Å². The van der Waals surface area contributed by atoms with Crippen LogP contribution in [-0.2, 0) is 18.3 Å². The maximum absolute atomic E-state index is 10.3. The topological polar surface area (TPSA) is 57.5 Å². The average molecular weight is 331 g/mol. The molecule has 0 aliphatic rings. The van der Waals surface area contributed by atoms with Crippen LogP contribution >= 0.6 is 0 Å². The van der Waals surface area contributed by atoms with Gasteiger partial charge in [-0.1, -0.05) is 12.1 Å². The second-order valence-electron chi connectivity index (χ2n) is 4.80. The Balaban J connectivity index is 0.000000361. The van der Waals surface area contributed by atoms with E-state index in [-0.39, 0.29) is 11.3 Å². The monoisotopic (exact) mass is 329 g/mol. The van der Waals surface area contributed by atoms with Crippen molar-refractivity contribution in [1.82, 2.24) is 0 Å². The van der Waals surface area contributed by atoms with Crippen LogP contribution in [0.3, 0.4) is 0 Å². The first-order valence-electron chi connectivity index (χ1n) is 7.44. The second-order valence-corrected chi connectivity index (χ2v) is 6.28. The van der Waals surface area contributed by atoms with Crippen molar-refractivity contribution in [2.75, 3.05) is 0 Å². The summed E-state index contributed by atoms with van der Waals surface area (Å²) in [4.78, 5) is 10.3. The zero-order valence-corrected chi connectivity index (χ0v) is 15.4. The van der Waals surface area contributed by atoms with Gasteiger partial charge in [-0.25, -0.2) is 4.79 Å². The predicted octanol–water partition coefficient (Wildman–Crippen LogP) is 4.79. The molecule has 0 radical (unpaired) electrons. The predicted molar refractivity (Wildman–Crippen MR) is 77.9 cm³/mol. The fourth-order valence-corrected chi connectivity index (χ4v) is 2.53. The normalized spacial score (nSPS) is 9.75. The molecule has 4 heteroatoms. The van der Waals surface area contributed by atoms with E-state index in [2.05, 4.69) is 6.92 Å². The molecule has 0 bridgehead atoms. The van der Waals surface area contributed by atoms with E-state index in [0.29, 0.717) is 0 Å². The zero-order valence-electron chi connectivity index (χ0n) is 12.5. The molecule has 0 saturated heterocycles. The summed E-state index contributed by atoms with van der Waals surface area (Å²) in [6.45, 7) is 2.27. The molecule has 0 spiro atoms. The quantitative estimate of drug-likeness (QED) is 0.532. The van der Waals surface area contributed by atoms with Crippen LogP contribution in [0.2, 0.25) is 5.02 Å². The molecule has 0 amide bonds. The van der Waals surface area contributed by atoms with E-state index in [1.165, 1.54) is 80.4 Å². The van der Waals surface area contributed by atoms with E-state index < -0.39 is 5.97 Å². The maximum atomic E-state index is 10.3. The van der Waals surface area contributed by atoms with Crippen LogP contribution in [0.1, 0.15) is 62.2 Å². The fraction of sp³-hybridized carbons (Fsp3) is 0.562. The van der Waals surface area contributed by atoms with Gasteiger partial charge in [-0.3, -0.25) is 0 Å². The van der Waals surface area contributed by atoms with Crippen LogP contribution in [-0.4, -0.2) is 16.2 Å². The molecule has 2 N–H and O–H groups in total. The molecular formula is C16H25O3Zn. The number of hydrogen-bond acceptors (Lipinski definition) is 2. The van der Waals surface area contributed by atoms with E-state index >= 15 is 0 Å². The molecule has 0 aliphatic carbocycles. The summed E-state index contributed by atoms with van der Waals surface area (Å²) in [7, 11) is 0. The average Bonchev–Trinajstić information content (AvgIpc) is 2.44. The third-order valence-corrected chi connectivity index (χ3v) is 4.04. The number of para-hydroxylation sites is 1. The molecule has 0 fully saturated rings. The number of unbranched alkanes of at least 4 members (excludes halogenated alkanes) is 6. The summed E-state index contributed by atoms with van der Waals surface area (Å²) in [6, 6.07) is 5.81. The van der Waals surface area contributed by atoms with Gasteiger partial charge >= 0.3 is 81.2 Å². The van der Waals surface area contributed by atoms with Crippen LogP contribution < -0.4 is 0 Å². The van der Waals surface area contributed by atoms with Crippen LogP contribution in [0.25, 0.3) is 0 Å². The fourth-order valence-electron chi connectivity index (χ4n) is 1.79. The number of carbonyl (C=O) groups is 1. The van der Waals surface area contributed by atoms with Crippen molar-refractivity contribution in [2.24, 2.45) is 0 Å². The summed E-state index contributed by atoms with van der Waals surface area (Å²) >= 11 is 1.50. The minimum absolute atomic E-state index is 0.0671. The molecule has 1 aromatic rings. The van der Waals surface area contributed by atoms with E-state index in [1.54, 1.807) is 12.1 Å². The molecule has 0 heterocycles. The van der Waals surface area contributed by atoms with E-state index in [1.807, 2.05) is 0 Å². The summed E-state index contributed by atoms with van der Waals surface area (Å²) in [5.74, 6) is -1.31. The Morgan fingerprint density at radius 3 is 2.05 bits per heavy atom. The third-order valence-electron chi connectivity index (χ3n) is 2.99. The van der Waals surface area contributed by atoms with E-state index in [0.717, 1.165) is 0 Å². The first-order chi connectivity index (χ1) is 9.63. The van der Waals surface area contributed by atoms with Gasteiger partial charge in [0.05, 0.1) is 0 Å². The van der Waals surface area contributed by atoms with Gasteiger partial charge in [-0.15, -0.1) is 0 Å². The van der Waals surface area contributed by atoms with Crippen molar-refractivity contribution in [1.29, 1.82) is 0 Å². The van der Waals surface area contributed by atoms with Crippen molar-refractivity contribution in [3.63, 3.8) is 0 Å². The zero-order chi connectivity index (χ0) is 15.2. The SMILES string of the molecule is CCCCCCCC[CH2][Zn].O=C(O)c1ccccc1O. The molecule has 0 saturated carbocycles. The number of rotatable bonds is 8. The minimum atomic E-state index is -1.11. The van der Waals surface area contributed by atoms with Gasteiger partial charge in [0.25, 0.3) is 0 Å². The molecule has 0 aromatic heterocycles. The standard InChI is InChI=1S/C9H19.C7H6O3.Zn/c1-3-5-7-9-8-6-4-2;8-6-4-2-1-3-5(6)7(9)10;/h1,3-9H2,2H3;1-4,8H,(H,9,10);. The van der Waals surface area contributed by atoms with Crippen LogP contribution in [0, 0.1) is 0 Å². The molecular weight excluding hydrogens is 306 g/mol. The minimum Gasteiger partial charge on any atom is -0.507 e. The van der Waals surface area contributed by atoms with Crippen LogP contribution in [0.5, 0.6) is 5.75 Å². The van der Waals surface area contributed by atoms with Gasteiger partial charge in [0.1, 0.15) is 11.3 Å². The molecule has 0 atom stereocenters.